The van der Waals surface area contributed by atoms with Gasteiger partial charge in [0.2, 0.25) is 0 Å². The molecule has 0 aliphatic carbocycles. The molecule has 14 rings (SSSR count). The zero-order valence-corrected chi connectivity index (χ0v) is 45.7. The van der Waals surface area contributed by atoms with Gasteiger partial charge in [-0.1, -0.05) is 196 Å². The standard InChI is InChI=1S/C73H48N5.Ir/c1-48-49(2)78-72-27-13-12-25-67(72)70-46-54(34-39-68(70)73(78)76-48)61-20-7-9-22-63(61)57-43-56(62-21-8-6-19-60(62)52-32-36-59(37-33-52)77-42-16-41-75-77)44-58(45-57)64-23-10-11-24-65(64)66-38-35-55(71-26-14-15-40-74-71)47-69(66)53-30-28-51(29-31-53)50-17-4-3-5-18-50;/h3-34,36,38,40-47H,1-2H3;/q-3;+3. The molecule has 5 nitrogen and oxygen atoms in total. The van der Waals surface area contributed by atoms with Crippen LogP contribution in [0.15, 0.2) is 255 Å². The van der Waals surface area contributed by atoms with Gasteiger partial charge in [0.25, 0.3) is 0 Å². The van der Waals surface area contributed by atoms with Crippen molar-refractivity contribution in [2.45, 2.75) is 13.8 Å². The molecule has 6 heteroatoms. The van der Waals surface area contributed by atoms with Crippen LogP contribution in [-0.2, 0) is 20.1 Å². The van der Waals surface area contributed by atoms with E-state index in [4.69, 9.17) is 9.97 Å². The maximum atomic E-state index is 5.09. The Morgan fingerprint density at radius 2 is 0.975 bits per heavy atom. The molecule has 0 radical (unpaired) electrons. The molecule has 0 atom stereocenters. The number of rotatable bonds is 10. The van der Waals surface area contributed by atoms with Gasteiger partial charge in [-0.2, -0.15) is 23.3 Å². The van der Waals surface area contributed by atoms with Crippen LogP contribution in [-0.4, -0.2) is 24.1 Å². The van der Waals surface area contributed by atoms with Crippen molar-refractivity contribution in [1.82, 2.24) is 24.1 Å². The third-order valence-electron chi connectivity index (χ3n) is 15.2. The summed E-state index contributed by atoms with van der Waals surface area (Å²) in [6.07, 6.45) is 5.58. The van der Waals surface area contributed by atoms with Crippen molar-refractivity contribution in [2.75, 3.05) is 0 Å². The van der Waals surface area contributed by atoms with Crippen molar-refractivity contribution >= 4 is 27.3 Å². The summed E-state index contributed by atoms with van der Waals surface area (Å²) >= 11 is 0. The van der Waals surface area contributed by atoms with Crippen molar-refractivity contribution in [3.05, 3.63) is 285 Å². The summed E-state index contributed by atoms with van der Waals surface area (Å²) in [6, 6.07) is 95.7. The summed E-state index contributed by atoms with van der Waals surface area (Å²) in [5, 5.41) is 7.76. The largest absolute Gasteiger partial charge is 3.00 e. The molecule has 374 valence electrons. The van der Waals surface area contributed by atoms with Crippen LogP contribution >= 0.6 is 0 Å². The van der Waals surface area contributed by atoms with Crippen molar-refractivity contribution < 1.29 is 20.1 Å². The van der Waals surface area contributed by atoms with E-state index in [-0.39, 0.29) is 20.1 Å². The summed E-state index contributed by atoms with van der Waals surface area (Å²) < 4.78 is 4.12. The van der Waals surface area contributed by atoms with E-state index in [9.17, 15) is 0 Å². The molecule has 0 fully saturated rings. The fourth-order valence-corrected chi connectivity index (χ4v) is 11.3. The van der Waals surface area contributed by atoms with Crippen LogP contribution in [0, 0.1) is 32.0 Å². The van der Waals surface area contributed by atoms with Crippen LogP contribution < -0.4 is 0 Å². The Hall–Kier alpha value is -9.58. The van der Waals surface area contributed by atoms with Crippen LogP contribution in [0.2, 0.25) is 0 Å². The van der Waals surface area contributed by atoms with Crippen LogP contribution in [0.1, 0.15) is 11.4 Å². The van der Waals surface area contributed by atoms with E-state index < -0.39 is 0 Å². The Balaban J connectivity index is 0.00000591. The molecular weight excluding hydrogens is 1140 g/mol. The van der Waals surface area contributed by atoms with E-state index in [2.05, 4.69) is 254 Å². The first-order valence-electron chi connectivity index (χ1n) is 26.3. The van der Waals surface area contributed by atoms with Crippen molar-refractivity contribution in [2.24, 2.45) is 0 Å². The Bertz CT molecular complexity index is 4540. The smallest absolute Gasteiger partial charge is 0.337 e. The monoisotopic (exact) mass is 1190 g/mol. The molecule has 0 saturated heterocycles. The molecule has 0 bridgehead atoms. The van der Waals surface area contributed by atoms with Gasteiger partial charge in [0.1, 0.15) is 0 Å². The van der Waals surface area contributed by atoms with Crippen LogP contribution in [0.3, 0.4) is 0 Å². The summed E-state index contributed by atoms with van der Waals surface area (Å²) in [7, 11) is 0. The second-order valence-electron chi connectivity index (χ2n) is 19.8. The first-order chi connectivity index (χ1) is 38.5. The summed E-state index contributed by atoms with van der Waals surface area (Å²) in [5.74, 6) is 0. The average Bonchev–Trinajstić information content (AvgIpc) is 4.38. The van der Waals surface area contributed by atoms with Gasteiger partial charge in [-0.25, -0.2) is 0 Å². The van der Waals surface area contributed by atoms with Crippen LogP contribution in [0.5, 0.6) is 0 Å². The van der Waals surface area contributed by atoms with E-state index in [1.54, 1.807) is 6.20 Å². The van der Waals surface area contributed by atoms with Crippen molar-refractivity contribution in [3.63, 3.8) is 0 Å². The number of nitrogens with zero attached hydrogens (tertiary/aromatic N) is 5. The molecule has 4 heterocycles. The molecule has 0 aliphatic heterocycles. The zero-order chi connectivity index (χ0) is 52.1. The van der Waals surface area contributed by atoms with E-state index in [1.165, 1.54) is 16.5 Å². The summed E-state index contributed by atoms with van der Waals surface area (Å²) in [6.45, 7) is 4.24. The van der Waals surface area contributed by atoms with Crippen molar-refractivity contribution in [1.29, 1.82) is 0 Å². The van der Waals surface area contributed by atoms with Crippen LogP contribution in [0.25, 0.3) is 133 Å². The van der Waals surface area contributed by atoms with E-state index in [1.807, 2.05) is 41.3 Å². The third kappa shape index (κ3) is 8.97. The number of aromatic nitrogens is 5. The molecule has 10 aromatic carbocycles. The van der Waals surface area contributed by atoms with Gasteiger partial charge in [0.05, 0.1) is 5.65 Å². The number of hydrogen-bond donors (Lipinski definition) is 0. The molecule has 0 aliphatic rings. The summed E-state index contributed by atoms with van der Waals surface area (Å²) in [5.41, 5.74) is 24.6. The van der Waals surface area contributed by atoms with Gasteiger partial charge in [-0.3, -0.25) is 9.67 Å². The van der Waals surface area contributed by atoms with Gasteiger partial charge in [-0.05, 0) is 117 Å². The minimum absolute atomic E-state index is 0. The molecule has 0 amide bonds. The molecule has 0 N–H and O–H groups in total. The van der Waals surface area contributed by atoms with Gasteiger partial charge in [-0.15, -0.1) is 59.0 Å². The maximum absolute atomic E-state index is 5.09. The Morgan fingerprint density at radius 3 is 1.63 bits per heavy atom. The first kappa shape index (κ1) is 49.0. The number of hydrogen-bond acceptors (Lipinski definition) is 3. The molecular formula is C73H48IrN5. The number of para-hydroxylation sites is 1. The van der Waals surface area contributed by atoms with Crippen molar-refractivity contribution in [3.8, 4) is 106 Å². The average molecular weight is 1190 g/mol. The molecule has 14 aromatic rings. The third-order valence-corrected chi connectivity index (χ3v) is 15.2. The second kappa shape index (κ2) is 20.8. The van der Waals surface area contributed by atoms with E-state index in [0.29, 0.717) is 0 Å². The number of pyridine rings is 2. The SMILES string of the molecule is Cc1nc2c3[c-]cc(-c4ccccc4-c4cc(-c5ccccc5-c5c[c-]c(-n6cccn6)cc5)cc(-c5ccccc5-c5c[c-]c(-c6ccccn6)cc5-c5ccc(-c6ccccc6)cc5)c4)cc3c3ccccc3n2c1C.[Ir+3]. The molecule has 0 unspecified atom stereocenters. The molecule has 0 saturated carbocycles. The molecule has 79 heavy (non-hydrogen) atoms. The van der Waals surface area contributed by atoms with Crippen LogP contribution in [0.4, 0.5) is 0 Å². The number of benzene rings is 10. The minimum Gasteiger partial charge on any atom is -0.337 e. The molecule has 4 aromatic heterocycles. The predicted molar refractivity (Wildman–Crippen MR) is 320 cm³/mol. The first-order valence-corrected chi connectivity index (χ1v) is 26.3. The number of aryl methyl sites for hydroxylation is 2. The topological polar surface area (TPSA) is 48.0 Å². The maximum Gasteiger partial charge on any atom is 3.00 e. The minimum atomic E-state index is 0. The Kier molecular flexibility index (Phi) is 12.9. The zero-order valence-electron chi connectivity index (χ0n) is 43.3. The Labute approximate surface area is 473 Å². The van der Waals surface area contributed by atoms with E-state index >= 15 is 0 Å². The molecule has 0 spiro atoms. The fourth-order valence-electron chi connectivity index (χ4n) is 11.3. The Morgan fingerprint density at radius 1 is 0.392 bits per heavy atom. The van der Waals surface area contributed by atoms with Gasteiger partial charge < -0.3 is 9.38 Å². The van der Waals surface area contributed by atoms with E-state index in [0.717, 1.165) is 128 Å². The normalized spacial score (nSPS) is 11.3. The predicted octanol–water partition coefficient (Wildman–Crippen LogP) is 18.2. The number of imidazole rings is 1. The van der Waals surface area contributed by atoms with Gasteiger partial charge >= 0.3 is 20.1 Å². The summed E-state index contributed by atoms with van der Waals surface area (Å²) in [4.78, 5) is 9.84. The number of fused-ring (bicyclic) bond motifs is 6. The quantitative estimate of drug-likeness (QED) is 0.101. The second-order valence-corrected chi connectivity index (χ2v) is 19.8. The fraction of sp³-hybridized carbons (Fsp3) is 0.0274. The van der Waals surface area contributed by atoms with Gasteiger partial charge in [0, 0.05) is 35.5 Å². The van der Waals surface area contributed by atoms with Gasteiger partial charge in [0.15, 0.2) is 0 Å².